The Morgan fingerprint density at radius 2 is 1.30 bits per heavy atom. The second kappa shape index (κ2) is 27.4. The van der Waals surface area contributed by atoms with Crippen molar-refractivity contribution in [2.24, 2.45) is 28.1 Å². The van der Waals surface area contributed by atoms with Gasteiger partial charge in [-0.15, -0.1) is 0 Å². The predicted molar refractivity (Wildman–Crippen MR) is 201 cm³/mol. The molecule has 5 amide bonds. The number of alkyl halides is 6. The number of nitrogens with zero attached hydrogens (tertiary/aromatic N) is 1. The minimum atomic E-state index is -5.08. The number of amides is 5. The number of aliphatic carboxylic acids is 3. The molecule has 2 rings (SSSR count). The zero-order valence-corrected chi connectivity index (χ0v) is 32.0. The number of halogens is 6. The topological polar surface area (TPSA) is 357 Å². The van der Waals surface area contributed by atoms with Gasteiger partial charge in [0.05, 0.1) is 19.6 Å². The largest absolute Gasteiger partial charge is 0.494 e. The molecule has 21 nitrogen and oxygen atoms in total. The van der Waals surface area contributed by atoms with Crippen molar-refractivity contribution in [3.8, 4) is 5.75 Å². The number of ether oxygens (including phenoxy) is 1. The van der Waals surface area contributed by atoms with Crippen LogP contribution in [0.4, 0.5) is 26.3 Å². The van der Waals surface area contributed by atoms with E-state index in [1.54, 1.807) is 38.1 Å². The van der Waals surface area contributed by atoms with E-state index in [4.69, 9.17) is 41.7 Å². The van der Waals surface area contributed by atoms with Crippen LogP contribution in [0.3, 0.4) is 0 Å². The lowest BCUT2D eigenvalue weighted by atomic mass is 9.99. The Kier molecular flexibility index (Phi) is 25.4. The maximum Gasteiger partial charge on any atom is 0.490 e. The highest BCUT2D eigenvalue weighted by atomic mass is 19.4. The molecule has 27 heteroatoms. The Morgan fingerprint density at radius 3 is 1.75 bits per heavy atom. The molecule has 1 heterocycles. The van der Waals surface area contributed by atoms with E-state index in [0.29, 0.717) is 37.3 Å². The van der Waals surface area contributed by atoms with Crippen LogP contribution in [0.5, 0.6) is 5.75 Å². The van der Waals surface area contributed by atoms with Gasteiger partial charge in [-0.3, -0.25) is 33.8 Å². The number of hydrogen-bond donors (Lipinski definition) is 11. The van der Waals surface area contributed by atoms with Crippen molar-refractivity contribution in [3.63, 3.8) is 0 Å². The highest BCUT2D eigenvalue weighted by Gasteiger charge is 2.39. The average Bonchev–Trinajstić information content (AvgIpc) is 3.13. The molecule has 0 spiro atoms. The summed E-state index contributed by atoms with van der Waals surface area (Å²) in [6, 6.07) is 1.66. The summed E-state index contributed by atoms with van der Waals surface area (Å²) in [5.41, 5.74) is 16.8. The monoisotopic (exact) mass is 891 g/mol. The normalized spacial score (nSPS) is 18.8. The summed E-state index contributed by atoms with van der Waals surface area (Å²) in [4.78, 5) is 99.3. The summed E-state index contributed by atoms with van der Waals surface area (Å²) in [5, 5.41) is 36.2. The minimum absolute atomic E-state index is 0. The van der Waals surface area contributed by atoms with Crippen LogP contribution in [0.15, 0.2) is 29.3 Å². The molecule has 14 N–H and O–H groups in total. The van der Waals surface area contributed by atoms with Crippen molar-refractivity contribution in [2.75, 3.05) is 26.2 Å². The van der Waals surface area contributed by atoms with Gasteiger partial charge < -0.3 is 63.8 Å². The number of nitrogens with one attached hydrogen (secondary N) is 5. The summed E-state index contributed by atoms with van der Waals surface area (Å²) < 4.78 is 69.1. The lowest BCUT2D eigenvalue weighted by molar-refractivity contribution is -0.193. The lowest BCUT2D eigenvalue weighted by Crippen LogP contribution is -2.59. The first-order chi connectivity index (χ1) is 27.7. The standard InChI is InChI=1S/C29H45N9O8.2C2HF3O2.CH4/c1-16(2)24-28(45)37-20(13-17-6-8-18(9-7-17)46-12-4-10-30)27(44)36-21(14-23(40)41)25(42)34-15-22(39)35-19(26(43)38-24)5-3-11-33-29(31)32;2*3-2(4,5)1(6)7;/h6-9,16,19-21,24H,3-5,10-15,30H2,1-2H3,(H,34,42)(H,35,39)(H,36,44)(H,37,45)(H,38,43)(H,40,41)(H4,31,32,33);2*(H,6,7);1H4/t19?,20-,21-,24-;;;/m1.../s1. The fourth-order valence-electron chi connectivity index (χ4n) is 4.45. The summed E-state index contributed by atoms with van der Waals surface area (Å²) in [5.74, 6) is -10.8. The first-order valence-corrected chi connectivity index (χ1v) is 17.5. The van der Waals surface area contributed by atoms with E-state index >= 15 is 0 Å². The van der Waals surface area contributed by atoms with Gasteiger partial charge in [-0.25, -0.2) is 9.59 Å². The van der Waals surface area contributed by atoms with Gasteiger partial charge in [0.25, 0.3) is 0 Å². The summed E-state index contributed by atoms with van der Waals surface area (Å²) in [7, 11) is 0. The van der Waals surface area contributed by atoms with Crippen molar-refractivity contribution in [3.05, 3.63) is 29.8 Å². The third-order valence-corrected chi connectivity index (χ3v) is 7.38. The number of carboxylic acids is 3. The molecule has 4 atom stereocenters. The maximum absolute atomic E-state index is 13.6. The van der Waals surface area contributed by atoms with Gasteiger partial charge in [0.1, 0.15) is 29.9 Å². The van der Waals surface area contributed by atoms with E-state index in [0.717, 1.165) is 0 Å². The van der Waals surface area contributed by atoms with Gasteiger partial charge in [0, 0.05) is 13.0 Å². The van der Waals surface area contributed by atoms with Gasteiger partial charge in [0.2, 0.25) is 29.5 Å². The quantitative estimate of drug-likeness (QED) is 0.0496. The lowest BCUT2D eigenvalue weighted by Gasteiger charge is -2.27. The van der Waals surface area contributed by atoms with Crippen LogP contribution < -0.4 is 48.5 Å². The molecular formula is C34H51F6N9O12. The van der Waals surface area contributed by atoms with Crippen molar-refractivity contribution in [1.29, 1.82) is 0 Å². The van der Waals surface area contributed by atoms with E-state index in [9.17, 15) is 60.2 Å². The molecule has 1 unspecified atom stereocenters. The van der Waals surface area contributed by atoms with Crippen LogP contribution in [-0.2, 0) is 44.8 Å². The highest BCUT2D eigenvalue weighted by Crippen LogP contribution is 2.16. The Hall–Kier alpha value is -6.41. The zero-order chi connectivity index (χ0) is 46.4. The Morgan fingerprint density at radius 1 is 0.787 bits per heavy atom. The first-order valence-electron chi connectivity index (χ1n) is 17.5. The van der Waals surface area contributed by atoms with Crippen LogP contribution >= 0.6 is 0 Å². The van der Waals surface area contributed by atoms with Crippen LogP contribution in [0, 0.1) is 5.92 Å². The molecule has 0 saturated carbocycles. The Balaban J connectivity index is 0. The molecule has 1 saturated heterocycles. The Labute approximate surface area is 344 Å². The molecule has 0 bridgehead atoms. The van der Waals surface area contributed by atoms with Crippen molar-refractivity contribution < 1.29 is 84.8 Å². The maximum atomic E-state index is 13.6. The number of hydrogen-bond acceptors (Lipinski definition) is 11. The molecule has 0 radical (unpaired) electrons. The summed E-state index contributed by atoms with van der Waals surface area (Å²) in [6.07, 6.45) is -9.97. The molecule has 1 aromatic rings. The van der Waals surface area contributed by atoms with E-state index in [1.165, 1.54) is 0 Å². The molecule has 1 aromatic carbocycles. The van der Waals surface area contributed by atoms with Crippen LogP contribution in [0.2, 0.25) is 0 Å². The number of guanidine groups is 1. The number of benzene rings is 1. The zero-order valence-electron chi connectivity index (χ0n) is 32.0. The SMILES string of the molecule is C.CC(C)[C@H]1NC(=O)C(CCCN=C(N)N)NC(=O)CNC(=O)[C@@H](CC(=O)O)NC(=O)[C@@H](Cc2ccc(OCCCN)cc2)NC1=O.O=C(O)C(F)(F)F.O=C(O)C(F)(F)F. The molecule has 0 aliphatic carbocycles. The van der Waals surface area contributed by atoms with E-state index in [1.807, 2.05) is 0 Å². The minimum Gasteiger partial charge on any atom is -0.494 e. The van der Waals surface area contributed by atoms with Gasteiger partial charge in [-0.05, 0) is 49.4 Å². The number of aliphatic imine (C=N–C) groups is 1. The Bertz CT molecular complexity index is 1630. The molecule has 61 heavy (non-hydrogen) atoms. The molecular weight excluding hydrogens is 840 g/mol. The number of nitrogens with two attached hydrogens (primary N) is 3. The van der Waals surface area contributed by atoms with E-state index < -0.39 is 103 Å². The van der Waals surface area contributed by atoms with E-state index in [2.05, 4.69) is 31.6 Å². The number of rotatable bonds is 13. The second-order valence-electron chi connectivity index (χ2n) is 12.7. The van der Waals surface area contributed by atoms with Crippen molar-refractivity contribution in [2.45, 2.75) is 89.9 Å². The molecule has 346 valence electrons. The third-order valence-electron chi connectivity index (χ3n) is 7.38. The summed E-state index contributed by atoms with van der Waals surface area (Å²) >= 11 is 0. The molecule has 0 aromatic heterocycles. The van der Waals surface area contributed by atoms with Gasteiger partial charge >= 0.3 is 30.3 Å². The average molecular weight is 892 g/mol. The smallest absolute Gasteiger partial charge is 0.490 e. The number of carbonyl (C=O) groups excluding carboxylic acids is 5. The van der Waals surface area contributed by atoms with Crippen LogP contribution in [0.25, 0.3) is 0 Å². The van der Waals surface area contributed by atoms with Crippen LogP contribution in [-0.4, -0.2) is 131 Å². The predicted octanol–water partition coefficient (Wildman–Crippen LogP) is -0.887. The summed E-state index contributed by atoms with van der Waals surface area (Å²) in [6.45, 7) is 3.82. The molecule has 1 aliphatic heterocycles. The third kappa shape index (κ3) is 24.3. The van der Waals surface area contributed by atoms with Crippen molar-refractivity contribution >= 4 is 53.4 Å². The highest BCUT2D eigenvalue weighted by molar-refractivity contribution is 5.98. The number of carbonyl (C=O) groups is 8. The number of carboxylic acid groups (broad SMARTS) is 3. The fourth-order valence-corrected chi connectivity index (χ4v) is 4.45. The van der Waals surface area contributed by atoms with Gasteiger partial charge in [-0.1, -0.05) is 33.4 Å². The van der Waals surface area contributed by atoms with Gasteiger partial charge in [-0.2, -0.15) is 26.3 Å². The fraction of sp³-hybridized carbons (Fsp3) is 0.559. The molecule has 1 aliphatic rings. The molecule has 1 fully saturated rings. The van der Waals surface area contributed by atoms with Crippen molar-refractivity contribution in [1.82, 2.24) is 26.6 Å². The first kappa shape index (κ1) is 56.7. The van der Waals surface area contributed by atoms with Gasteiger partial charge in [0.15, 0.2) is 5.96 Å². The second-order valence-corrected chi connectivity index (χ2v) is 12.7. The van der Waals surface area contributed by atoms with E-state index in [-0.39, 0.29) is 32.8 Å². The van der Waals surface area contributed by atoms with Crippen LogP contribution in [0.1, 0.15) is 52.5 Å².